The first-order chi connectivity index (χ1) is 19.7. The number of aliphatic hydroxyl groups is 1. The van der Waals surface area contributed by atoms with Crippen LogP contribution >= 0.6 is 27.7 Å². The van der Waals surface area contributed by atoms with Crippen LogP contribution in [0.4, 0.5) is 5.69 Å². The molecule has 2 amide bonds. The van der Waals surface area contributed by atoms with Crippen LogP contribution in [0.5, 0.6) is 0 Å². The number of thioether (sulfide) groups is 1. The highest BCUT2D eigenvalue weighted by molar-refractivity contribution is 9.09. The van der Waals surface area contributed by atoms with Gasteiger partial charge in [0.2, 0.25) is 5.91 Å². The molecule has 3 heterocycles. The van der Waals surface area contributed by atoms with Crippen molar-refractivity contribution in [1.82, 2.24) is 4.90 Å². The molecule has 3 fully saturated rings. The number of halogens is 1. The van der Waals surface area contributed by atoms with Gasteiger partial charge in [0.05, 0.1) is 29.2 Å². The quantitative estimate of drug-likeness (QED) is 0.230. The molecule has 3 aliphatic heterocycles. The van der Waals surface area contributed by atoms with Gasteiger partial charge in [0.25, 0.3) is 5.91 Å². The zero-order valence-corrected chi connectivity index (χ0v) is 25.6. The summed E-state index contributed by atoms with van der Waals surface area (Å²) >= 11 is 5.33. The number of hydrogen-bond acceptors (Lipinski definition) is 6. The number of benzene rings is 2. The minimum atomic E-state index is -0.927. The number of alkyl halides is 1. The molecule has 0 aliphatic carbocycles. The number of fused-ring (bicyclic) bond motifs is 1. The zero-order chi connectivity index (χ0) is 29.5. The molecule has 5 rings (SSSR count). The van der Waals surface area contributed by atoms with E-state index < -0.39 is 34.6 Å². The van der Waals surface area contributed by atoms with Crippen LogP contribution in [0.25, 0.3) is 0 Å². The standard InChI is InChI=1S/C32H35BrN2O5S/c1-5-15-34(26-19(3)11-10-12-20(26)4)30(38)28-32-17-22(33)27(41-32)24(31(39)40-16-6-2)25(32)29(37)35(28)23(18-36)21-13-8-7-9-14-21/h5-14,22-25,27-28,36H,1-2,15-18H2,3-4H3/t22?,23-,24+,25+,27+,28?,32?/m1/s1. The number of nitrogens with zero attached hydrogens (tertiary/aromatic N) is 2. The molecule has 7 nitrogen and oxygen atoms in total. The summed E-state index contributed by atoms with van der Waals surface area (Å²) in [6, 6.07) is 13.4. The van der Waals surface area contributed by atoms with E-state index in [0.717, 1.165) is 22.4 Å². The van der Waals surface area contributed by atoms with E-state index in [0.29, 0.717) is 6.42 Å². The van der Waals surface area contributed by atoms with Gasteiger partial charge in [0.15, 0.2) is 0 Å². The SMILES string of the molecule is C=CCOC(=O)[C@H]1[C@H]2C(=O)N([C@H](CO)c3ccccc3)C(C(=O)N(CC=C)c3c(C)cccc3C)C23CC(Br)[C@@H]1S3. The van der Waals surface area contributed by atoms with Crippen LogP contribution in [0, 0.1) is 25.7 Å². The molecule has 216 valence electrons. The summed E-state index contributed by atoms with van der Waals surface area (Å²) in [7, 11) is 0. The van der Waals surface area contributed by atoms with Crippen LogP contribution < -0.4 is 4.90 Å². The number of carbonyl (C=O) groups is 3. The highest BCUT2D eigenvalue weighted by Crippen LogP contribution is 2.68. The second-order valence-corrected chi connectivity index (χ2v) is 13.6. The Hall–Kier alpha value is -2.88. The molecule has 0 aromatic heterocycles. The topological polar surface area (TPSA) is 87.1 Å². The van der Waals surface area contributed by atoms with Gasteiger partial charge in [0, 0.05) is 22.3 Å². The van der Waals surface area contributed by atoms with E-state index in [4.69, 9.17) is 4.74 Å². The first-order valence-corrected chi connectivity index (χ1v) is 15.6. The van der Waals surface area contributed by atoms with Crippen LogP contribution in [0.1, 0.15) is 29.2 Å². The Labute approximate surface area is 253 Å². The molecule has 1 spiro atoms. The molecule has 7 atom stereocenters. The van der Waals surface area contributed by atoms with E-state index in [9.17, 15) is 19.5 Å². The van der Waals surface area contributed by atoms with E-state index >= 15 is 0 Å². The highest BCUT2D eigenvalue weighted by atomic mass is 79.9. The van der Waals surface area contributed by atoms with Crippen LogP contribution in [0.15, 0.2) is 73.8 Å². The van der Waals surface area contributed by atoms with Crippen LogP contribution in [0.3, 0.4) is 0 Å². The van der Waals surface area contributed by atoms with Gasteiger partial charge in [-0.05, 0) is 37.0 Å². The Morgan fingerprint density at radius 1 is 1.17 bits per heavy atom. The van der Waals surface area contributed by atoms with E-state index in [-0.39, 0.29) is 41.6 Å². The van der Waals surface area contributed by atoms with Gasteiger partial charge in [-0.3, -0.25) is 14.4 Å². The molecule has 3 unspecified atom stereocenters. The maximum Gasteiger partial charge on any atom is 0.311 e. The minimum absolute atomic E-state index is 0.0443. The largest absolute Gasteiger partial charge is 0.461 e. The minimum Gasteiger partial charge on any atom is -0.461 e. The van der Waals surface area contributed by atoms with E-state index in [1.54, 1.807) is 27.6 Å². The van der Waals surface area contributed by atoms with E-state index in [1.165, 1.54) is 6.08 Å². The number of aryl methyl sites for hydroxylation is 2. The van der Waals surface area contributed by atoms with Gasteiger partial charge in [0.1, 0.15) is 12.6 Å². The van der Waals surface area contributed by atoms with Crippen molar-refractivity contribution in [2.75, 3.05) is 24.7 Å². The van der Waals surface area contributed by atoms with Gasteiger partial charge in [-0.25, -0.2) is 0 Å². The summed E-state index contributed by atoms with van der Waals surface area (Å²) in [6.45, 7) is 11.4. The fourth-order valence-electron chi connectivity index (χ4n) is 7.02. The first kappa shape index (κ1) is 29.6. The van der Waals surface area contributed by atoms with Crippen molar-refractivity contribution in [1.29, 1.82) is 0 Å². The molecule has 9 heteroatoms. The lowest BCUT2D eigenvalue weighted by Crippen LogP contribution is -2.56. The Balaban J connectivity index is 1.68. The maximum absolute atomic E-state index is 15.0. The third kappa shape index (κ3) is 4.76. The number of para-hydroxylation sites is 1. The van der Waals surface area contributed by atoms with Crippen LogP contribution in [-0.2, 0) is 19.1 Å². The van der Waals surface area contributed by atoms with Crippen molar-refractivity contribution in [2.24, 2.45) is 11.8 Å². The number of hydrogen-bond donors (Lipinski definition) is 1. The summed E-state index contributed by atoms with van der Waals surface area (Å²) in [5, 5.41) is 10.5. The Morgan fingerprint density at radius 2 is 1.85 bits per heavy atom. The number of aliphatic hydroxyl groups excluding tert-OH is 1. The number of ether oxygens (including phenoxy) is 1. The third-order valence-electron chi connectivity index (χ3n) is 8.56. The van der Waals surface area contributed by atoms with Gasteiger partial charge in [-0.2, -0.15) is 0 Å². The molecule has 2 aromatic carbocycles. The third-order valence-corrected chi connectivity index (χ3v) is 11.8. The summed E-state index contributed by atoms with van der Waals surface area (Å²) in [5.74, 6) is -2.51. The van der Waals surface area contributed by atoms with Crippen molar-refractivity contribution in [3.8, 4) is 0 Å². The molecule has 3 aliphatic rings. The molecule has 3 saturated heterocycles. The fourth-order valence-corrected chi connectivity index (χ4v) is 10.6. The predicted octanol–water partition coefficient (Wildman–Crippen LogP) is 4.75. The van der Waals surface area contributed by atoms with Gasteiger partial charge < -0.3 is 19.6 Å². The van der Waals surface area contributed by atoms with Crippen LogP contribution in [0.2, 0.25) is 0 Å². The van der Waals surface area contributed by atoms with E-state index in [2.05, 4.69) is 29.1 Å². The predicted molar refractivity (Wildman–Crippen MR) is 165 cm³/mol. The molecular formula is C32H35BrN2O5S. The lowest BCUT2D eigenvalue weighted by Gasteiger charge is -2.40. The molecular weight excluding hydrogens is 604 g/mol. The molecule has 0 saturated carbocycles. The van der Waals surface area contributed by atoms with Crippen molar-refractivity contribution in [3.05, 3.63) is 90.5 Å². The molecule has 1 N–H and O–H groups in total. The smallest absolute Gasteiger partial charge is 0.311 e. The molecule has 0 radical (unpaired) electrons. The fraction of sp³-hybridized carbons (Fsp3) is 0.406. The number of esters is 1. The summed E-state index contributed by atoms with van der Waals surface area (Å²) in [5.41, 5.74) is 3.36. The summed E-state index contributed by atoms with van der Waals surface area (Å²) < 4.78 is 4.61. The lowest BCUT2D eigenvalue weighted by molar-refractivity contribution is -0.153. The Bertz CT molecular complexity index is 1350. The highest BCUT2D eigenvalue weighted by Gasteiger charge is 2.76. The monoisotopic (exact) mass is 638 g/mol. The number of rotatable bonds is 10. The number of carbonyl (C=O) groups excluding carboxylic acids is 3. The van der Waals surface area contributed by atoms with E-state index in [1.807, 2.05) is 62.4 Å². The zero-order valence-electron chi connectivity index (χ0n) is 23.2. The van der Waals surface area contributed by atoms with Gasteiger partial charge in [-0.1, -0.05) is 83.2 Å². The molecule has 2 bridgehead atoms. The van der Waals surface area contributed by atoms with Gasteiger partial charge >= 0.3 is 5.97 Å². The second-order valence-electron chi connectivity index (χ2n) is 10.9. The van der Waals surface area contributed by atoms with Crippen LogP contribution in [-0.4, -0.2) is 68.4 Å². The molecule has 2 aromatic rings. The van der Waals surface area contributed by atoms with Crippen molar-refractivity contribution < 1.29 is 24.2 Å². The second kappa shape index (κ2) is 11.8. The number of anilines is 1. The Kier molecular flexibility index (Phi) is 8.51. The van der Waals surface area contributed by atoms with Crippen molar-refractivity contribution in [3.63, 3.8) is 0 Å². The Morgan fingerprint density at radius 3 is 2.46 bits per heavy atom. The number of likely N-dealkylation sites (tertiary alicyclic amines) is 1. The lowest BCUT2D eigenvalue weighted by atomic mass is 9.71. The molecule has 41 heavy (non-hydrogen) atoms. The summed E-state index contributed by atoms with van der Waals surface area (Å²) in [6.07, 6.45) is 3.71. The van der Waals surface area contributed by atoms with Crippen molar-refractivity contribution in [2.45, 2.75) is 47.2 Å². The van der Waals surface area contributed by atoms with Crippen molar-refractivity contribution >= 4 is 51.2 Å². The van der Waals surface area contributed by atoms with Gasteiger partial charge in [-0.15, -0.1) is 18.3 Å². The summed E-state index contributed by atoms with van der Waals surface area (Å²) in [4.78, 5) is 46.2. The average Bonchev–Trinajstić information content (AvgIpc) is 3.55. The average molecular weight is 640 g/mol. The maximum atomic E-state index is 15.0. The first-order valence-electron chi connectivity index (χ1n) is 13.8. The number of amides is 2. The normalized spacial score (nSPS) is 28.7.